The van der Waals surface area contributed by atoms with Crippen LogP contribution in [0.25, 0.3) is 0 Å². The first-order chi connectivity index (χ1) is 24.8. The molecule has 18 heteroatoms. The van der Waals surface area contributed by atoms with Crippen LogP contribution >= 0.6 is 0 Å². The molecular formula is C35H49N4O13S-. The van der Waals surface area contributed by atoms with Gasteiger partial charge in [0.25, 0.3) is 0 Å². The van der Waals surface area contributed by atoms with Crippen molar-refractivity contribution in [1.82, 2.24) is 14.9 Å². The first-order valence-corrected chi connectivity index (χ1v) is 18.7. The number of imidazole rings is 1. The van der Waals surface area contributed by atoms with Crippen LogP contribution in [0.1, 0.15) is 82.6 Å². The molecule has 1 aromatic heterocycles. The van der Waals surface area contributed by atoms with E-state index in [2.05, 4.69) is 10.3 Å². The van der Waals surface area contributed by atoms with Gasteiger partial charge in [0, 0.05) is 41.4 Å². The smallest absolute Gasteiger partial charge is 0.314 e. The second-order valence-electron chi connectivity index (χ2n) is 13.8. The molecule has 6 unspecified atom stereocenters. The van der Waals surface area contributed by atoms with Crippen molar-refractivity contribution >= 4 is 46.1 Å². The molecule has 2 rings (SSSR count). The normalized spacial score (nSPS) is 15.2. The van der Waals surface area contributed by atoms with E-state index in [1.807, 2.05) is 0 Å². The number of carbonyl (C=O) groups excluding carboxylic acids is 5. The van der Waals surface area contributed by atoms with Crippen molar-refractivity contribution in [2.24, 2.45) is 35.3 Å². The zero-order valence-electron chi connectivity index (χ0n) is 30.2. The molecule has 6 atom stereocenters. The minimum atomic E-state index is -4.81. The van der Waals surface area contributed by atoms with Crippen molar-refractivity contribution in [1.29, 1.82) is 0 Å². The monoisotopic (exact) mass is 765 g/mol. The van der Waals surface area contributed by atoms with Crippen LogP contribution in [0.5, 0.6) is 5.75 Å². The van der Waals surface area contributed by atoms with Crippen LogP contribution in [0.15, 0.2) is 43.0 Å². The molecule has 0 fully saturated rings. The number of esters is 2. The summed E-state index contributed by atoms with van der Waals surface area (Å²) in [4.78, 5) is 80.1. The van der Waals surface area contributed by atoms with Crippen LogP contribution in [0.4, 0.5) is 0 Å². The predicted molar refractivity (Wildman–Crippen MR) is 187 cm³/mol. The number of primary amides is 1. The number of ether oxygens (including phenoxy) is 2. The quantitative estimate of drug-likeness (QED) is 0.0514. The van der Waals surface area contributed by atoms with Crippen molar-refractivity contribution in [3.05, 3.63) is 48.5 Å². The van der Waals surface area contributed by atoms with Crippen molar-refractivity contribution in [2.45, 2.75) is 77.8 Å². The van der Waals surface area contributed by atoms with E-state index in [-0.39, 0.29) is 44.3 Å². The minimum absolute atomic E-state index is 0.0674. The SMILES string of the molecule is CCC(CC(CC(CC(CC(CC(C)C(=O)Oc1ccc(C=O)cc1)n1ccnc1)C(=O)NC(C)(C)CS(=O)(=O)[O-])C(=O)OCCO)C(=O)O)C(N)=O. The highest BCUT2D eigenvalue weighted by Gasteiger charge is 2.37. The van der Waals surface area contributed by atoms with Gasteiger partial charge >= 0.3 is 17.9 Å². The first-order valence-electron chi connectivity index (χ1n) is 17.1. The number of aldehydes is 1. The molecule has 0 aliphatic heterocycles. The lowest BCUT2D eigenvalue weighted by atomic mass is 9.79. The largest absolute Gasteiger partial charge is 0.748 e. The third-order valence-corrected chi connectivity index (χ3v) is 9.83. The number of aromatic nitrogens is 2. The number of amides is 2. The fourth-order valence-electron chi connectivity index (χ4n) is 6.08. The van der Waals surface area contributed by atoms with Crippen molar-refractivity contribution in [2.75, 3.05) is 19.0 Å². The fourth-order valence-corrected chi connectivity index (χ4v) is 7.03. The molecule has 2 aromatic rings. The van der Waals surface area contributed by atoms with E-state index < -0.39 is 100.0 Å². The Balaban J connectivity index is 2.53. The van der Waals surface area contributed by atoms with Crippen LogP contribution in [0.3, 0.4) is 0 Å². The van der Waals surface area contributed by atoms with E-state index in [0.717, 1.165) is 0 Å². The van der Waals surface area contributed by atoms with Crippen molar-refractivity contribution in [3.63, 3.8) is 0 Å². The predicted octanol–water partition coefficient (Wildman–Crippen LogP) is 1.85. The molecule has 0 aliphatic rings. The Kier molecular flexibility index (Phi) is 17.2. The number of benzene rings is 1. The topological polar surface area (TPSA) is 274 Å². The summed E-state index contributed by atoms with van der Waals surface area (Å²) in [5.74, 6) is -10.5. The molecule has 0 saturated carbocycles. The second kappa shape index (κ2) is 20.5. The molecule has 5 N–H and O–H groups in total. The molecule has 1 aromatic carbocycles. The van der Waals surface area contributed by atoms with Gasteiger partial charge in [-0.25, -0.2) is 13.4 Å². The van der Waals surface area contributed by atoms with Crippen molar-refractivity contribution < 1.29 is 61.4 Å². The number of nitrogens with zero attached hydrogens (tertiary/aromatic N) is 2. The summed E-state index contributed by atoms with van der Waals surface area (Å²) >= 11 is 0. The average Bonchev–Trinajstić information content (AvgIpc) is 3.61. The third-order valence-electron chi connectivity index (χ3n) is 8.76. The lowest BCUT2D eigenvalue weighted by Crippen LogP contribution is -2.51. The van der Waals surface area contributed by atoms with Gasteiger partial charge in [-0.15, -0.1) is 0 Å². The lowest BCUT2D eigenvalue weighted by Gasteiger charge is -2.33. The summed E-state index contributed by atoms with van der Waals surface area (Å²) in [7, 11) is -4.81. The number of rotatable bonds is 24. The molecule has 1 heterocycles. The van der Waals surface area contributed by atoms with Gasteiger partial charge in [-0.1, -0.05) is 13.8 Å². The molecule has 294 valence electrons. The Morgan fingerprint density at radius 1 is 1.00 bits per heavy atom. The summed E-state index contributed by atoms with van der Waals surface area (Å²) < 4.78 is 47.3. The van der Waals surface area contributed by atoms with Crippen LogP contribution in [-0.2, 0) is 38.8 Å². The molecule has 53 heavy (non-hydrogen) atoms. The van der Waals surface area contributed by atoms with E-state index in [4.69, 9.17) is 15.2 Å². The van der Waals surface area contributed by atoms with Gasteiger partial charge in [-0.05, 0) is 76.6 Å². The fraction of sp³-hybridized carbons (Fsp3) is 0.571. The maximum absolute atomic E-state index is 14.0. The summed E-state index contributed by atoms with van der Waals surface area (Å²) in [6.45, 7) is 4.94. The van der Waals surface area contributed by atoms with Crippen LogP contribution in [0.2, 0.25) is 0 Å². The van der Waals surface area contributed by atoms with Gasteiger partial charge < -0.3 is 39.9 Å². The second-order valence-corrected chi connectivity index (χ2v) is 15.2. The minimum Gasteiger partial charge on any atom is -0.748 e. The molecule has 0 radical (unpaired) electrons. The molecule has 0 spiro atoms. The van der Waals surface area contributed by atoms with E-state index in [1.54, 1.807) is 24.6 Å². The Bertz CT molecular complexity index is 1650. The summed E-state index contributed by atoms with van der Waals surface area (Å²) in [5, 5.41) is 22.0. The highest BCUT2D eigenvalue weighted by molar-refractivity contribution is 7.85. The number of carboxylic acids is 1. The van der Waals surface area contributed by atoms with Gasteiger partial charge in [-0.3, -0.25) is 28.8 Å². The molecule has 0 aliphatic carbocycles. The number of hydrogen-bond donors (Lipinski definition) is 4. The number of hydrogen-bond acceptors (Lipinski definition) is 13. The van der Waals surface area contributed by atoms with Gasteiger partial charge in [0.1, 0.15) is 18.6 Å². The van der Waals surface area contributed by atoms with E-state index >= 15 is 0 Å². The van der Waals surface area contributed by atoms with Crippen LogP contribution in [0, 0.1) is 29.6 Å². The van der Waals surface area contributed by atoms with Crippen LogP contribution in [-0.4, -0.2) is 93.2 Å². The number of aliphatic hydroxyl groups excluding tert-OH is 1. The third kappa shape index (κ3) is 15.4. The van der Waals surface area contributed by atoms with E-state index in [0.29, 0.717) is 11.8 Å². The summed E-state index contributed by atoms with van der Waals surface area (Å²) in [6.07, 6.45) is 4.41. The number of nitrogens with two attached hydrogens (primary N) is 1. The van der Waals surface area contributed by atoms with Gasteiger partial charge in [0.2, 0.25) is 11.8 Å². The summed E-state index contributed by atoms with van der Waals surface area (Å²) in [5.41, 5.74) is 4.28. The molecule has 0 saturated heterocycles. The maximum atomic E-state index is 14.0. The Morgan fingerprint density at radius 3 is 2.13 bits per heavy atom. The number of aliphatic carboxylic acids is 1. The Labute approximate surface area is 308 Å². The molecular weight excluding hydrogens is 716 g/mol. The number of nitrogens with one attached hydrogen (secondary N) is 1. The molecule has 0 bridgehead atoms. The van der Waals surface area contributed by atoms with E-state index in [1.165, 1.54) is 50.6 Å². The highest BCUT2D eigenvalue weighted by Crippen LogP contribution is 2.34. The summed E-state index contributed by atoms with van der Waals surface area (Å²) in [6, 6.07) is 5.19. The zero-order valence-corrected chi connectivity index (χ0v) is 31.0. The number of aliphatic hydroxyl groups is 1. The number of carboxylic acid groups (broad SMARTS) is 1. The highest BCUT2D eigenvalue weighted by atomic mass is 32.2. The van der Waals surface area contributed by atoms with Crippen LogP contribution < -0.4 is 15.8 Å². The zero-order chi connectivity index (χ0) is 39.9. The van der Waals surface area contributed by atoms with Gasteiger partial charge in [0.05, 0.1) is 46.6 Å². The first kappa shape index (κ1) is 44.5. The standard InChI is InChI=1S/C35H50N4O13S/c1-5-24(30(36)42)15-26(32(44)45)17-27(34(47)51-13-12-40)16-25(31(43)38-35(3,4)20-53(48,49)50)18-28(39-11-10-37-21-39)14-22(2)33(46)52-29-8-6-23(19-41)7-9-29/h6-11,19,21-22,24-28,40H,5,12-18,20H2,1-4H3,(H2,36,42)(H,38,43)(H,44,45)(H,48,49,50)/p-1. The average molecular weight is 766 g/mol. The van der Waals surface area contributed by atoms with E-state index in [9.17, 15) is 52.0 Å². The van der Waals surface area contributed by atoms with Gasteiger partial charge in [-0.2, -0.15) is 0 Å². The molecule has 2 amide bonds. The Hall–Kier alpha value is -4.68. The Morgan fingerprint density at radius 2 is 1.62 bits per heavy atom. The maximum Gasteiger partial charge on any atom is 0.314 e. The van der Waals surface area contributed by atoms with Gasteiger partial charge in [0.15, 0.2) is 0 Å². The number of carbonyl (C=O) groups is 6. The lowest BCUT2D eigenvalue weighted by molar-refractivity contribution is -0.152. The molecule has 17 nitrogen and oxygen atoms in total. The van der Waals surface area contributed by atoms with Crippen molar-refractivity contribution in [3.8, 4) is 5.75 Å².